The largest absolute Gasteiger partial charge is 0.497 e. The topological polar surface area (TPSA) is 59.4 Å². The number of ether oxygens (including phenoxy) is 1. The van der Waals surface area contributed by atoms with Crippen molar-refractivity contribution in [1.29, 1.82) is 0 Å². The molecule has 3 aromatic rings. The van der Waals surface area contributed by atoms with Crippen LogP contribution in [-0.2, 0) is 0 Å². The van der Waals surface area contributed by atoms with Gasteiger partial charge in [0.15, 0.2) is 0 Å². The van der Waals surface area contributed by atoms with Crippen LogP contribution in [0.5, 0.6) is 5.75 Å². The summed E-state index contributed by atoms with van der Waals surface area (Å²) in [5.74, 6) is -0.280. The van der Waals surface area contributed by atoms with Crippen molar-refractivity contribution in [2.75, 3.05) is 7.11 Å². The number of methoxy groups -OCH3 is 1. The molecular formula is C17H12BrNO3. The number of pyridine rings is 1. The molecule has 0 atom stereocenters. The molecule has 3 rings (SSSR count). The number of hydrogen-bond acceptors (Lipinski definition) is 3. The van der Waals surface area contributed by atoms with Crippen LogP contribution in [-0.4, -0.2) is 23.2 Å². The molecule has 0 radical (unpaired) electrons. The average Bonchev–Trinajstić information content (AvgIpc) is 2.54. The van der Waals surface area contributed by atoms with E-state index < -0.39 is 5.97 Å². The summed E-state index contributed by atoms with van der Waals surface area (Å²) in [7, 11) is 1.59. The highest BCUT2D eigenvalue weighted by Crippen LogP contribution is 2.30. The Balaban J connectivity index is 2.30. The molecule has 0 unspecified atom stereocenters. The molecule has 110 valence electrons. The Morgan fingerprint density at radius 1 is 1.18 bits per heavy atom. The molecule has 4 nitrogen and oxygen atoms in total. The van der Waals surface area contributed by atoms with E-state index in [1.807, 2.05) is 30.3 Å². The number of carboxylic acids is 1. The molecule has 0 saturated heterocycles. The average molecular weight is 358 g/mol. The van der Waals surface area contributed by atoms with Gasteiger partial charge in [-0.05, 0) is 40.2 Å². The highest BCUT2D eigenvalue weighted by molar-refractivity contribution is 9.10. The van der Waals surface area contributed by atoms with Crippen LogP contribution in [0, 0.1) is 0 Å². The minimum absolute atomic E-state index is 0.226. The van der Waals surface area contributed by atoms with Crippen molar-refractivity contribution in [2.24, 2.45) is 0 Å². The fraction of sp³-hybridized carbons (Fsp3) is 0.0588. The van der Waals surface area contributed by atoms with Gasteiger partial charge in [0.05, 0.1) is 23.9 Å². The van der Waals surface area contributed by atoms with Crippen LogP contribution in [0.1, 0.15) is 10.4 Å². The zero-order chi connectivity index (χ0) is 15.7. The third kappa shape index (κ3) is 2.55. The van der Waals surface area contributed by atoms with Crippen molar-refractivity contribution in [3.63, 3.8) is 0 Å². The van der Waals surface area contributed by atoms with E-state index in [1.165, 1.54) is 0 Å². The lowest BCUT2D eigenvalue weighted by atomic mass is 10.0. The van der Waals surface area contributed by atoms with Gasteiger partial charge in [0, 0.05) is 15.4 Å². The Morgan fingerprint density at radius 3 is 2.68 bits per heavy atom. The number of fused-ring (bicyclic) bond motifs is 1. The predicted octanol–water partition coefficient (Wildman–Crippen LogP) is 4.37. The van der Waals surface area contributed by atoms with Crippen LogP contribution >= 0.6 is 15.9 Å². The third-order valence-corrected chi connectivity index (χ3v) is 4.03. The monoisotopic (exact) mass is 357 g/mol. The van der Waals surface area contributed by atoms with Gasteiger partial charge in [-0.1, -0.05) is 24.3 Å². The summed E-state index contributed by atoms with van der Waals surface area (Å²) in [4.78, 5) is 16.2. The van der Waals surface area contributed by atoms with Crippen molar-refractivity contribution in [2.45, 2.75) is 0 Å². The second-order valence-corrected chi connectivity index (χ2v) is 5.58. The number of rotatable bonds is 3. The summed E-state index contributed by atoms with van der Waals surface area (Å²) in [5, 5.41) is 10.1. The lowest BCUT2D eigenvalue weighted by Crippen LogP contribution is -2.00. The first-order valence-electron chi connectivity index (χ1n) is 6.57. The fourth-order valence-electron chi connectivity index (χ4n) is 2.32. The summed E-state index contributed by atoms with van der Waals surface area (Å²) in [6.45, 7) is 0. The van der Waals surface area contributed by atoms with Crippen LogP contribution in [0.4, 0.5) is 0 Å². The Bertz CT molecular complexity index is 877. The normalized spacial score (nSPS) is 10.6. The summed E-state index contributed by atoms with van der Waals surface area (Å²) < 4.78 is 5.97. The zero-order valence-corrected chi connectivity index (χ0v) is 13.3. The number of aromatic carboxylic acids is 1. The number of carboxylic acid groups (broad SMARTS) is 1. The van der Waals surface area contributed by atoms with E-state index in [0.717, 1.165) is 10.0 Å². The summed E-state index contributed by atoms with van der Waals surface area (Å²) in [5.41, 5.74) is 2.25. The number of para-hydroxylation sites is 1. The molecule has 0 spiro atoms. The van der Waals surface area contributed by atoms with Crippen LogP contribution < -0.4 is 4.74 Å². The molecule has 1 aromatic heterocycles. The van der Waals surface area contributed by atoms with Gasteiger partial charge in [-0.2, -0.15) is 0 Å². The van der Waals surface area contributed by atoms with Gasteiger partial charge in [-0.25, -0.2) is 9.78 Å². The van der Waals surface area contributed by atoms with Crippen LogP contribution in [0.15, 0.2) is 53.0 Å². The maximum absolute atomic E-state index is 11.6. The molecule has 1 N–H and O–H groups in total. The second kappa shape index (κ2) is 5.77. The van der Waals surface area contributed by atoms with E-state index in [0.29, 0.717) is 22.3 Å². The van der Waals surface area contributed by atoms with E-state index in [9.17, 15) is 9.90 Å². The third-order valence-electron chi connectivity index (χ3n) is 3.39. The summed E-state index contributed by atoms with van der Waals surface area (Å²) >= 11 is 3.43. The minimum atomic E-state index is -0.977. The number of nitrogens with zero attached hydrogens (tertiary/aromatic N) is 1. The minimum Gasteiger partial charge on any atom is -0.497 e. The van der Waals surface area contributed by atoms with Gasteiger partial charge in [-0.15, -0.1) is 0 Å². The highest BCUT2D eigenvalue weighted by atomic mass is 79.9. The van der Waals surface area contributed by atoms with Gasteiger partial charge >= 0.3 is 5.97 Å². The Morgan fingerprint density at radius 2 is 1.95 bits per heavy atom. The first-order chi connectivity index (χ1) is 10.6. The molecule has 0 aliphatic carbocycles. The quantitative estimate of drug-likeness (QED) is 0.755. The lowest BCUT2D eigenvalue weighted by molar-refractivity contribution is 0.0699. The Kier molecular flexibility index (Phi) is 3.81. The molecule has 0 fully saturated rings. The number of carbonyl (C=O) groups is 1. The molecule has 0 bridgehead atoms. The first kappa shape index (κ1) is 14.5. The van der Waals surface area contributed by atoms with Crippen molar-refractivity contribution in [3.8, 4) is 17.0 Å². The van der Waals surface area contributed by atoms with Crippen molar-refractivity contribution >= 4 is 32.8 Å². The Hall–Kier alpha value is -2.40. The molecule has 0 aliphatic rings. The van der Waals surface area contributed by atoms with Crippen LogP contribution in [0.2, 0.25) is 0 Å². The molecule has 0 aliphatic heterocycles. The van der Waals surface area contributed by atoms with E-state index in [-0.39, 0.29) is 5.56 Å². The van der Waals surface area contributed by atoms with Crippen LogP contribution in [0.25, 0.3) is 22.2 Å². The fourth-order valence-corrected chi connectivity index (χ4v) is 2.78. The van der Waals surface area contributed by atoms with Crippen molar-refractivity contribution < 1.29 is 14.6 Å². The van der Waals surface area contributed by atoms with E-state index in [1.54, 1.807) is 25.3 Å². The second-order valence-electron chi connectivity index (χ2n) is 4.73. The molecule has 22 heavy (non-hydrogen) atoms. The molecule has 5 heteroatoms. The SMILES string of the molecule is COc1cccc(-c2cc(C(=O)O)c3cccc(Br)c3n2)c1. The van der Waals surface area contributed by atoms with Gasteiger partial charge in [0.1, 0.15) is 5.75 Å². The number of hydrogen-bond donors (Lipinski definition) is 1. The zero-order valence-electron chi connectivity index (χ0n) is 11.7. The Labute approximate surface area is 135 Å². The van der Waals surface area contributed by atoms with Crippen LogP contribution in [0.3, 0.4) is 0 Å². The lowest BCUT2D eigenvalue weighted by Gasteiger charge is -2.09. The molecule has 0 saturated carbocycles. The standard InChI is InChI=1S/C17H12BrNO3/c1-22-11-5-2-4-10(8-11)15-9-13(17(20)21)12-6-3-7-14(18)16(12)19-15/h2-9H,1H3,(H,20,21). The van der Waals surface area contributed by atoms with Gasteiger partial charge in [-0.3, -0.25) is 0 Å². The molecular weight excluding hydrogens is 346 g/mol. The maximum atomic E-state index is 11.6. The number of halogens is 1. The van der Waals surface area contributed by atoms with E-state index in [2.05, 4.69) is 20.9 Å². The molecule has 0 amide bonds. The van der Waals surface area contributed by atoms with E-state index in [4.69, 9.17) is 4.74 Å². The first-order valence-corrected chi connectivity index (χ1v) is 7.36. The summed E-state index contributed by atoms with van der Waals surface area (Å²) in [6, 6.07) is 14.4. The van der Waals surface area contributed by atoms with Crippen molar-refractivity contribution in [3.05, 3.63) is 58.6 Å². The smallest absolute Gasteiger partial charge is 0.336 e. The van der Waals surface area contributed by atoms with Gasteiger partial charge in [0.25, 0.3) is 0 Å². The molecule has 1 heterocycles. The maximum Gasteiger partial charge on any atom is 0.336 e. The van der Waals surface area contributed by atoms with Gasteiger partial charge in [0.2, 0.25) is 0 Å². The van der Waals surface area contributed by atoms with E-state index >= 15 is 0 Å². The number of benzene rings is 2. The molecule has 2 aromatic carbocycles. The van der Waals surface area contributed by atoms with Gasteiger partial charge < -0.3 is 9.84 Å². The van der Waals surface area contributed by atoms with Crippen molar-refractivity contribution in [1.82, 2.24) is 4.98 Å². The predicted molar refractivity (Wildman–Crippen MR) is 88.4 cm³/mol. The highest BCUT2D eigenvalue weighted by Gasteiger charge is 2.14. The summed E-state index contributed by atoms with van der Waals surface area (Å²) in [6.07, 6.45) is 0. The number of aromatic nitrogens is 1.